The highest BCUT2D eigenvalue weighted by atomic mass is 32.2. The van der Waals surface area contributed by atoms with Crippen LogP contribution in [0.4, 0.5) is 0 Å². The molecule has 1 atom stereocenters. The number of hydrogen-bond acceptors (Lipinski definition) is 3. The minimum absolute atomic E-state index is 0.0429. The lowest BCUT2D eigenvalue weighted by atomic mass is 10.7. The molecular formula is C7H13NO2S2. The standard InChI is InChI=1S/C7H13NO2S2/c1-6-8(4-5-11-6)12(9,10)7-2-3-7/h6-7H,2-5H2,1H3. The Morgan fingerprint density at radius 1 is 1.42 bits per heavy atom. The molecule has 2 aliphatic rings. The van der Waals surface area contributed by atoms with E-state index in [0.29, 0.717) is 6.54 Å². The van der Waals surface area contributed by atoms with Crippen LogP contribution in [0.2, 0.25) is 0 Å². The molecule has 12 heavy (non-hydrogen) atoms. The molecule has 3 nitrogen and oxygen atoms in total. The van der Waals surface area contributed by atoms with Gasteiger partial charge in [0.05, 0.1) is 10.6 Å². The highest BCUT2D eigenvalue weighted by Crippen LogP contribution is 2.36. The predicted octanol–water partition coefficient (Wildman–Crippen LogP) is 0.873. The Labute approximate surface area is 77.6 Å². The molecule has 2 rings (SSSR count). The third kappa shape index (κ3) is 1.38. The van der Waals surface area contributed by atoms with Crippen LogP contribution in [0, 0.1) is 0 Å². The van der Waals surface area contributed by atoms with Gasteiger partial charge in [-0.25, -0.2) is 8.42 Å². The van der Waals surface area contributed by atoms with Crippen LogP contribution in [-0.4, -0.2) is 35.6 Å². The molecule has 2 fully saturated rings. The van der Waals surface area contributed by atoms with Crippen LogP contribution >= 0.6 is 11.8 Å². The minimum Gasteiger partial charge on any atom is -0.212 e. The Morgan fingerprint density at radius 2 is 2.08 bits per heavy atom. The molecular weight excluding hydrogens is 194 g/mol. The first-order valence-electron chi connectivity index (χ1n) is 4.24. The molecule has 70 valence electrons. The molecule has 0 aromatic carbocycles. The Morgan fingerprint density at radius 3 is 2.50 bits per heavy atom. The molecule has 0 bridgehead atoms. The zero-order valence-electron chi connectivity index (χ0n) is 7.06. The lowest BCUT2D eigenvalue weighted by Gasteiger charge is -2.19. The molecule has 0 radical (unpaired) electrons. The Bertz CT molecular complexity index is 271. The number of thioether (sulfide) groups is 1. The number of rotatable bonds is 2. The first-order valence-corrected chi connectivity index (χ1v) is 6.80. The van der Waals surface area contributed by atoms with Gasteiger partial charge in [0.25, 0.3) is 0 Å². The molecule has 1 unspecified atom stereocenters. The molecule has 1 saturated heterocycles. The van der Waals surface area contributed by atoms with Crippen LogP contribution in [0.5, 0.6) is 0 Å². The number of nitrogens with zero attached hydrogens (tertiary/aromatic N) is 1. The van der Waals surface area contributed by atoms with E-state index >= 15 is 0 Å². The maximum atomic E-state index is 11.7. The second-order valence-electron chi connectivity index (χ2n) is 3.33. The molecule has 1 aliphatic heterocycles. The van der Waals surface area contributed by atoms with Gasteiger partial charge >= 0.3 is 0 Å². The van der Waals surface area contributed by atoms with Crippen molar-refractivity contribution in [3.05, 3.63) is 0 Å². The maximum absolute atomic E-state index is 11.7. The van der Waals surface area contributed by atoms with Gasteiger partial charge in [0, 0.05) is 12.3 Å². The van der Waals surface area contributed by atoms with E-state index < -0.39 is 10.0 Å². The summed E-state index contributed by atoms with van der Waals surface area (Å²) in [4.78, 5) is 0. The molecule has 0 spiro atoms. The van der Waals surface area contributed by atoms with Crippen LogP contribution in [-0.2, 0) is 10.0 Å². The Balaban J connectivity index is 2.16. The van der Waals surface area contributed by atoms with Crippen LogP contribution in [0.3, 0.4) is 0 Å². The average molecular weight is 207 g/mol. The maximum Gasteiger partial charge on any atom is 0.218 e. The highest BCUT2D eigenvalue weighted by molar-refractivity contribution is 8.01. The second kappa shape index (κ2) is 2.89. The van der Waals surface area contributed by atoms with Crippen LogP contribution in [0.1, 0.15) is 19.8 Å². The fourth-order valence-corrected chi connectivity index (χ4v) is 4.92. The lowest BCUT2D eigenvalue weighted by Crippen LogP contribution is -2.35. The van der Waals surface area contributed by atoms with Gasteiger partial charge in [-0.3, -0.25) is 0 Å². The van der Waals surface area contributed by atoms with Gasteiger partial charge in [-0.1, -0.05) is 0 Å². The SMILES string of the molecule is CC1SCCN1S(=O)(=O)C1CC1. The summed E-state index contributed by atoms with van der Waals surface area (Å²) in [6.07, 6.45) is 1.74. The first-order chi connectivity index (χ1) is 5.62. The zero-order chi connectivity index (χ0) is 8.77. The van der Waals surface area contributed by atoms with Crippen molar-refractivity contribution in [1.82, 2.24) is 4.31 Å². The van der Waals surface area contributed by atoms with Crippen molar-refractivity contribution in [3.63, 3.8) is 0 Å². The van der Waals surface area contributed by atoms with Crippen molar-refractivity contribution in [3.8, 4) is 0 Å². The Hall–Kier alpha value is 0.260. The summed E-state index contributed by atoms with van der Waals surface area (Å²) in [5.41, 5.74) is 0. The van der Waals surface area contributed by atoms with Gasteiger partial charge in [0.2, 0.25) is 10.0 Å². The number of sulfonamides is 1. The zero-order valence-corrected chi connectivity index (χ0v) is 8.70. The van der Waals surface area contributed by atoms with Gasteiger partial charge in [0.1, 0.15) is 0 Å². The summed E-state index contributed by atoms with van der Waals surface area (Å²) in [5.74, 6) is 0.952. The van der Waals surface area contributed by atoms with E-state index in [1.54, 1.807) is 16.1 Å². The summed E-state index contributed by atoms with van der Waals surface area (Å²) in [6, 6.07) is 0. The van der Waals surface area contributed by atoms with Crippen molar-refractivity contribution >= 4 is 21.8 Å². The van der Waals surface area contributed by atoms with Crippen LogP contribution in [0.25, 0.3) is 0 Å². The van der Waals surface area contributed by atoms with E-state index in [2.05, 4.69) is 0 Å². The Kier molecular flexibility index (Phi) is 2.13. The predicted molar refractivity (Wildman–Crippen MR) is 50.6 cm³/mol. The molecule has 1 aliphatic carbocycles. The quantitative estimate of drug-likeness (QED) is 0.674. The van der Waals surface area contributed by atoms with Crippen LogP contribution in [0.15, 0.2) is 0 Å². The van der Waals surface area contributed by atoms with Crippen molar-refractivity contribution in [1.29, 1.82) is 0 Å². The van der Waals surface area contributed by atoms with Crippen molar-refractivity contribution < 1.29 is 8.42 Å². The monoisotopic (exact) mass is 207 g/mol. The number of hydrogen-bond donors (Lipinski definition) is 0. The normalized spacial score (nSPS) is 32.6. The summed E-state index contributed by atoms with van der Waals surface area (Å²) in [7, 11) is -2.90. The molecule has 0 amide bonds. The third-order valence-electron chi connectivity index (χ3n) is 2.35. The van der Waals surface area contributed by atoms with Gasteiger partial charge in [0.15, 0.2) is 0 Å². The average Bonchev–Trinajstić information content (AvgIpc) is 2.75. The lowest BCUT2D eigenvalue weighted by molar-refractivity contribution is 0.441. The molecule has 0 N–H and O–H groups in total. The molecule has 5 heteroatoms. The van der Waals surface area contributed by atoms with Crippen molar-refractivity contribution in [2.24, 2.45) is 0 Å². The van der Waals surface area contributed by atoms with E-state index in [-0.39, 0.29) is 10.6 Å². The van der Waals surface area contributed by atoms with E-state index in [4.69, 9.17) is 0 Å². The van der Waals surface area contributed by atoms with Crippen LogP contribution < -0.4 is 0 Å². The van der Waals surface area contributed by atoms with E-state index in [1.165, 1.54) is 0 Å². The van der Waals surface area contributed by atoms with Gasteiger partial charge in [-0.2, -0.15) is 4.31 Å². The van der Waals surface area contributed by atoms with Crippen molar-refractivity contribution in [2.75, 3.05) is 12.3 Å². The topological polar surface area (TPSA) is 37.4 Å². The minimum atomic E-state index is -2.90. The van der Waals surface area contributed by atoms with Gasteiger partial charge in [-0.05, 0) is 19.8 Å². The fraction of sp³-hybridized carbons (Fsp3) is 1.00. The second-order valence-corrected chi connectivity index (χ2v) is 6.91. The molecule has 0 aromatic heterocycles. The highest BCUT2D eigenvalue weighted by Gasteiger charge is 2.43. The summed E-state index contributed by atoms with van der Waals surface area (Å²) >= 11 is 1.72. The fourth-order valence-electron chi connectivity index (χ4n) is 1.47. The van der Waals surface area contributed by atoms with E-state index in [9.17, 15) is 8.42 Å². The van der Waals surface area contributed by atoms with E-state index in [1.807, 2.05) is 6.92 Å². The third-order valence-corrected chi connectivity index (χ3v) is 6.10. The van der Waals surface area contributed by atoms with E-state index in [0.717, 1.165) is 18.6 Å². The van der Waals surface area contributed by atoms with Gasteiger partial charge in [-0.15, -0.1) is 11.8 Å². The molecule has 1 heterocycles. The first kappa shape index (κ1) is 8.84. The van der Waals surface area contributed by atoms with Gasteiger partial charge < -0.3 is 0 Å². The molecule has 0 aromatic rings. The van der Waals surface area contributed by atoms with Crippen molar-refractivity contribution in [2.45, 2.75) is 30.4 Å². The summed E-state index contributed by atoms with van der Waals surface area (Å²) in [5, 5.41) is 0.120. The summed E-state index contributed by atoms with van der Waals surface area (Å²) < 4.78 is 25.1. The largest absolute Gasteiger partial charge is 0.218 e. The summed E-state index contributed by atoms with van der Waals surface area (Å²) in [6.45, 7) is 2.68. The molecule has 1 saturated carbocycles. The smallest absolute Gasteiger partial charge is 0.212 e.